The van der Waals surface area contributed by atoms with Gasteiger partial charge in [0.1, 0.15) is 5.82 Å². The Morgan fingerprint density at radius 1 is 1.36 bits per heavy atom. The summed E-state index contributed by atoms with van der Waals surface area (Å²) in [5, 5.41) is 0. The van der Waals surface area contributed by atoms with E-state index in [0.717, 1.165) is 0 Å². The first kappa shape index (κ1) is 8.45. The second-order valence-corrected chi connectivity index (χ2v) is 2.47. The minimum atomic E-state index is -0.338. The van der Waals surface area contributed by atoms with Gasteiger partial charge in [0.2, 0.25) is 0 Å². The molecule has 0 saturated carbocycles. The molecule has 1 rings (SSSR count). The first-order valence-corrected chi connectivity index (χ1v) is 3.98. The van der Waals surface area contributed by atoms with Crippen molar-refractivity contribution in [2.24, 2.45) is 0 Å². The lowest BCUT2D eigenvalue weighted by Crippen LogP contribution is -2.11. The van der Waals surface area contributed by atoms with Crippen molar-refractivity contribution in [3.05, 3.63) is 35.6 Å². The Balaban J connectivity index is 2.90. The van der Waals surface area contributed by atoms with Crippen LogP contribution in [-0.2, 0) is 0 Å². The van der Waals surface area contributed by atoms with Gasteiger partial charge in [-0.2, -0.15) is 0 Å². The zero-order valence-corrected chi connectivity index (χ0v) is 7.63. The van der Waals surface area contributed by atoms with Crippen LogP contribution in [0.3, 0.4) is 0 Å². The van der Waals surface area contributed by atoms with E-state index in [4.69, 9.17) is 0 Å². The molecule has 0 heterocycles. The highest BCUT2D eigenvalue weighted by molar-refractivity contribution is 14.1. The summed E-state index contributed by atoms with van der Waals surface area (Å²) in [6.07, 6.45) is 0. The molecule has 0 fully saturated rings. The molecule has 0 unspecified atom stereocenters. The predicted octanol–water partition coefficient (Wildman–Crippen LogP) is 1.91. The van der Waals surface area contributed by atoms with E-state index in [1.165, 1.54) is 24.3 Å². The van der Waals surface area contributed by atoms with Crippen molar-refractivity contribution in [1.82, 2.24) is 3.53 Å². The maximum absolute atomic E-state index is 12.3. The quantitative estimate of drug-likeness (QED) is 0.609. The predicted molar refractivity (Wildman–Crippen MR) is 47.9 cm³/mol. The minimum Gasteiger partial charge on any atom is -0.295 e. The van der Waals surface area contributed by atoms with Gasteiger partial charge >= 0.3 is 0 Å². The third kappa shape index (κ3) is 2.14. The molecule has 0 aliphatic heterocycles. The number of carbonyl (C=O) groups is 1. The summed E-state index contributed by atoms with van der Waals surface area (Å²) in [6.45, 7) is 0. The molecule has 0 saturated heterocycles. The molecular weight excluding hydrogens is 260 g/mol. The van der Waals surface area contributed by atoms with Gasteiger partial charge in [0.25, 0.3) is 5.91 Å². The van der Waals surface area contributed by atoms with Gasteiger partial charge in [-0.3, -0.25) is 8.32 Å². The fraction of sp³-hybridized carbons (Fsp3) is 0. The SMILES string of the molecule is O=C(NI)c1ccc(F)cc1. The second-order valence-electron chi connectivity index (χ2n) is 1.93. The van der Waals surface area contributed by atoms with E-state index >= 15 is 0 Å². The van der Waals surface area contributed by atoms with Crippen LogP contribution in [0.4, 0.5) is 4.39 Å². The Morgan fingerprint density at radius 3 is 2.36 bits per heavy atom. The Kier molecular flexibility index (Phi) is 2.81. The number of hydrogen-bond acceptors (Lipinski definition) is 1. The van der Waals surface area contributed by atoms with E-state index < -0.39 is 0 Å². The summed E-state index contributed by atoms with van der Waals surface area (Å²) in [6, 6.07) is 5.37. The van der Waals surface area contributed by atoms with Gasteiger partial charge in [-0.25, -0.2) is 4.39 Å². The monoisotopic (exact) mass is 265 g/mol. The van der Waals surface area contributed by atoms with E-state index in [1.807, 2.05) is 0 Å². The molecule has 1 aromatic rings. The highest BCUT2D eigenvalue weighted by Gasteiger charge is 2.01. The summed E-state index contributed by atoms with van der Waals surface area (Å²) in [5.41, 5.74) is 0.459. The number of nitrogens with one attached hydrogen (secondary N) is 1. The lowest BCUT2D eigenvalue weighted by molar-refractivity contribution is 0.0989. The molecule has 4 heteroatoms. The van der Waals surface area contributed by atoms with Crippen LogP contribution in [0.15, 0.2) is 24.3 Å². The third-order valence-electron chi connectivity index (χ3n) is 1.19. The largest absolute Gasteiger partial charge is 0.295 e. The number of halogens is 2. The summed E-state index contributed by atoms with van der Waals surface area (Å²) in [7, 11) is 0. The molecule has 0 atom stereocenters. The summed E-state index contributed by atoms with van der Waals surface area (Å²) < 4.78 is 14.7. The van der Waals surface area contributed by atoms with E-state index in [9.17, 15) is 9.18 Å². The van der Waals surface area contributed by atoms with Gasteiger partial charge in [-0.15, -0.1) is 0 Å². The van der Waals surface area contributed by atoms with Crippen LogP contribution in [0.2, 0.25) is 0 Å². The molecule has 1 aromatic carbocycles. The van der Waals surface area contributed by atoms with Gasteiger partial charge in [0.05, 0.1) is 22.9 Å². The molecule has 2 nitrogen and oxygen atoms in total. The molecule has 1 N–H and O–H groups in total. The fourth-order valence-corrected chi connectivity index (χ4v) is 0.967. The number of amides is 1. The van der Waals surface area contributed by atoms with Crippen molar-refractivity contribution in [3.63, 3.8) is 0 Å². The molecule has 0 spiro atoms. The lowest BCUT2D eigenvalue weighted by Gasteiger charge is -1.95. The number of carbonyl (C=O) groups excluding carboxylic acids is 1. The van der Waals surface area contributed by atoms with Gasteiger partial charge < -0.3 is 0 Å². The molecule has 0 aliphatic rings. The zero-order valence-electron chi connectivity index (χ0n) is 5.47. The molecule has 0 aromatic heterocycles. The standard InChI is InChI=1S/C7H5FINO/c8-6-3-1-5(2-4-6)7(11)10-9/h1-4H,(H,10,11). The number of rotatable bonds is 1. The maximum Gasteiger partial charge on any atom is 0.259 e. The average molecular weight is 265 g/mol. The first-order valence-electron chi connectivity index (χ1n) is 2.90. The summed E-state index contributed by atoms with van der Waals surface area (Å²) >= 11 is 1.73. The molecule has 0 bridgehead atoms. The van der Waals surface area contributed by atoms with E-state index in [1.54, 1.807) is 22.9 Å². The van der Waals surface area contributed by atoms with Crippen LogP contribution < -0.4 is 3.53 Å². The van der Waals surface area contributed by atoms with Gasteiger partial charge in [-0.1, -0.05) is 0 Å². The maximum atomic E-state index is 12.3. The first-order chi connectivity index (χ1) is 5.24. The summed E-state index contributed by atoms with van der Waals surface area (Å²) in [5.74, 6) is -0.555. The minimum absolute atomic E-state index is 0.217. The number of hydrogen-bond donors (Lipinski definition) is 1. The van der Waals surface area contributed by atoms with Crippen LogP contribution >= 0.6 is 22.9 Å². The second kappa shape index (κ2) is 3.66. The molecule has 0 aliphatic carbocycles. The van der Waals surface area contributed by atoms with Gasteiger partial charge in [-0.05, 0) is 24.3 Å². The topological polar surface area (TPSA) is 29.1 Å². The van der Waals surface area contributed by atoms with E-state index in [-0.39, 0.29) is 11.7 Å². The highest BCUT2D eigenvalue weighted by Crippen LogP contribution is 2.02. The van der Waals surface area contributed by atoms with Crippen molar-refractivity contribution in [2.45, 2.75) is 0 Å². The Bertz CT molecular complexity index is 260. The molecule has 58 valence electrons. The molecular formula is C7H5FINO. The number of benzene rings is 1. The fourth-order valence-electron chi connectivity index (χ4n) is 0.656. The van der Waals surface area contributed by atoms with Gasteiger partial charge in [0, 0.05) is 5.56 Å². The van der Waals surface area contributed by atoms with Crippen LogP contribution in [0.5, 0.6) is 0 Å². The Labute approximate surface area is 77.3 Å². The zero-order chi connectivity index (χ0) is 8.27. The van der Waals surface area contributed by atoms with Crippen molar-refractivity contribution >= 4 is 28.8 Å². The van der Waals surface area contributed by atoms with Crippen LogP contribution in [-0.4, -0.2) is 5.91 Å². The van der Waals surface area contributed by atoms with Crippen molar-refractivity contribution < 1.29 is 9.18 Å². The van der Waals surface area contributed by atoms with Crippen LogP contribution in [0.1, 0.15) is 10.4 Å². The summed E-state index contributed by atoms with van der Waals surface area (Å²) in [4.78, 5) is 10.9. The lowest BCUT2D eigenvalue weighted by atomic mass is 10.2. The smallest absolute Gasteiger partial charge is 0.259 e. The van der Waals surface area contributed by atoms with E-state index in [0.29, 0.717) is 5.56 Å². The average Bonchev–Trinajstić information content (AvgIpc) is 2.05. The van der Waals surface area contributed by atoms with Crippen molar-refractivity contribution in [2.75, 3.05) is 0 Å². The highest BCUT2D eigenvalue weighted by atomic mass is 127. The van der Waals surface area contributed by atoms with Gasteiger partial charge in [0.15, 0.2) is 0 Å². The Morgan fingerprint density at radius 2 is 1.91 bits per heavy atom. The van der Waals surface area contributed by atoms with Crippen LogP contribution in [0.25, 0.3) is 0 Å². The molecule has 1 amide bonds. The van der Waals surface area contributed by atoms with E-state index in [2.05, 4.69) is 3.53 Å². The normalized spacial score (nSPS) is 9.27. The molecule has 11 heavy (non-hydrogen) atoms. The third-order valence-corrected chi connectivity index (χ3v) is 1.68. The van der Waals surface area contributed by atoms with Crippen molar-refractivity contribution in [1.29, 1.82) is 0 Å². The van der Waals surface area contributed by atoms with Crippen LogP contribution in [0, 0.1) is 5.82 Å². The Hall–Kier alpha value is -0.650. The van der Waals surface area contributed by atoms with Crippen molar-refractivity contribution in [3.8, 4) is 0 Å². The molecule has 0 radical (unpaired) electrons.